The number of rotatable bonds is 3. The average molecular weight is 272 g/mol. The minimum Gasteiger partial charge on any atom is -0.475 e. The molecule has 0 atom stereocenters. The van der Waals surface area contributed by atoms with Crippen LogP contribution in [0.25, 0.3) is 5.69 Å². The number of carbonyl (C=O) groups is 1. The van der Waals surface area contributed by atoms with Crippen molar-refractivity contribution in [2.75, 3.05) is 0 Å². The van der Waals surface area contributed by atoms with Gasteiger partial charge in [0.15, 0.2) is 0 Å². The summed E-state index contributed by atoms with van der Waals surface area (Å²) in [5.41, 5.74) is 0.321. The number of hydrogen-bond donors (Lipinski definition) is 1. The zero-order chi connectivity index (χ0) is 14.3. The molecule has 1 N–H and O–H groups in total. The van der Waals surface area contributed by atoms with Crippen LogP contribution in [-0.4, -0.2) is 25.8 Å². The van der Waals surface area contributed by atoms with Gasteiger partial charge in [-0.15, -0.1) is 5.10 Å². The molecule has 6 nitrogen and oxygen atoms in total. The first-order chi connectivity index (χ1) is 9.60. The van der Waals surface area contributed by atoms with Gasteiger partial charge in [-0.3, -0.25) is 0 Å². The van der Waals surface area contributed by atoms with Crippen molar-refractivity contribution in [2.24, 2.45) is 0 Å². The first-order valence-corrected chi connectivity index (χ1v) is 6.00. The molecular formula is C13H9FN4O2. The summed E-state index contributed by atoms with van der Waals surface area (Å²) in [6, 6.07) is 5.69. The molecule has 0 unspecified atom stereocenters. The summed E-state index contributed by atoms with van der Waals surface area (Å²) in [5.74, 6) is -1.42. The quantitative estimate of drug-likeness (QED) is 0.920. The third-order valence-electron chi connectivity index (χ3n) is 3.08. The second-order valence-electron chi connectivity index (χ2n) is 4.56. The van der Waals surface area contributed by atoms with E-state index in [1.807, 2.05) is 0 Å². The van der Waals surface area contributed by atoms with Crippen molar-refractivity contribution in [2.45, 2.75) is 18.8 Å². The lowest BCUT2D eigenvalue weighted by molar-refractivity contribution is 0.0683. The number of nitriles is 1. The smallest absolute Gasteiger partial charge is 0.375 e. The normalized spacial score (nSPS) is 14.0. The maximum atomic E-state index is 13.3. The fourth-order valence-electron chi connectivity index (χ4n) is 1.94. The van der Waals surface area contributed by atoms with Crippen LogP contribution in [0.15, 0.2) is 18.2 Å². The Balaban J connectivity index is 2.13. The standard InChI is InChI=1S/C13H9FN4O2/c14-10-4-3-9(5-8(10)6-15)18-12(7-1-2-7)16-11(17-18)13(19)20/h3-5,7H,1-2H2,(H,19,20). The summed E-state index contributed by atoms with van der Waals surface area (Å²) in [6.07, 6.45) is 1.84. The highest BCUT2D eigenvalue weighted by Gasteiger charge is 2.31. The zero-order valence-corrected chi connectivity index (χ0v) is 10.2. The fourth-order valence-corrected chi connectivity index (χ4v) is 1.94. The molecule has 0 amide bonds. The van der Waals surface area contributed by atoms with Crippen molar-refractivity contribution < 1.29 is 14.3 Å². The summed E-state index contributed by atoms with van der Waals surface area (Å²) in [6.45, 7) is 0. The van der Waals surface area contributed by atoms with Gasteiger partial charge in [0.2, 0.25) is 0 Å². The van der Waals surface area contributed by atoms with E-state index < -0.39 is 11.8 Å². The SMILES string of the molecule is N#Cc1cc(-n2nc(C(=O)O)nc2C2CC2)ccc1F. The summed E-state index contributed by atoms with van der Waals surface area (Å²) in [4.78, 5) is 15.0. The van der Waals surface area contributed by atoms with Gasteiger partial charge in [-0.1, -0.05) is 0 Å². The maximum absolute atomic E-state index is 13.3. The molecule has 0 radical (unpaired) electrons. The van der Waals surface area contributed by atoms with E-state index in [1.165, 1.54) is 16.8 Å². The Morgan fingerprint density at radius 2 is 2.25 bits per heavy atom. The number of hydrogen-bond acceptors (Lipinski definition) is 4. The number of aromatic nitrogens is 3. The van der Waals surface area contributed by atoms with Gasteiger partial charge in [-0.25, -0.2) is 18.9 Å². The predicted molar refractivity (Wildman–Crippen MR) is 65.0 cm³/mol. The molecule has 1 aliphatic rings. The molecule has 0 spiro atoms. The monoisotopic (exact) mass is 272 g/mol. The van der Waals surface area contributed by atoms with Gasteiger partial charge in [0.25, 0.3) is 5.82 Å². The number of aromatic carboxylic acids is 1. The number of carboxylic acid groups (broad SMARTS) is 1. The van der Waals surface area contributed by atoms with Crippen LogP contribution < -0.4 is 0 Å². The van der Waals surface area contributed by atoms with E-state index in [0.29, 0.717) is 11.5 Å². The average Bonchev–Trinajstić information content (AvgIpc) is 3.18. The Morgan fingerprint density at radius 1 is 1.50 bits per heavy atom. The van der Waals surface area contributed by atoms with Gasteiger partial charge >= 0.3 is 5.97 Å². The predicted octanol–water partition coefficient (Wildman–Crippen LogP) is 1.85. The molecule has 0 saturated heterocycles. The largest absolute Gasteiger partial charge is 0.475 e. The minimum absolute atomic E-state index is 0.114. The molecule has 0 bridgehead atoms. The molecule has 100 valence electrons. The van der Waals surface area contributed by atoms with Crippen LogP contribution in [0.5, 0.6) is 0 Å². The van der Waals surface area contributed by atoms with E-state index in [4.69, 9.17) is 10.4 Å². The van der Waals surface area contributed by atoms with Crippen LogP contribution in [-0.2, 0) is 0 Å². The van der Waals surface area contributed by atoms with Crippen LogP contribution >= 0.6 is 0 Å². The van der Waals surface area contributed by atoms with Gasteiger partial charge in [0.05, 0.1) is 11.3 Å². The van der Waals surface area contributed by atoms with Crippen molar-refractivity contribution in [3.63, 3.8) is 0 Å². The van der Waals surface area contributed by atoms with E-state index >= 15 is 0 Å². The molecule has 1 aromatic carbocycles. The molecule has 7 heteroatoms. The second-order valence-corrected chi connectivity index (χ2v) is 4.56. The lowest BCUT2D eigenvalue weighted by Crippen LogP contribution is -2.04. The third-order valence-corrected chi connectivity index (χ3v) is 3.08. The lowest BCUT2D eigenvalue weighted by atomic mass is 10.2. The van der Waals surface area contributed by atoms with Crippen molar-refractivity contribution in [3.8, 4) is 11.8 Å². The van der Waals surface area contributed by atoms with Gasteiger partial charge in [-0.05, 0) is 31.0 Å². The number of benzene rings is 1. The summed E-state index contributed by atoms with van der Waals surface area (Å²) in [7, 11) is 0. The zero-order valence-electron chi connectivity index (χ0n) is 10.2. The van der Waals surface area contributed by atoms with E-state index in [-0.39, 0.29) is 17.3 Å². The Hall–Kier alpha value is -2.75. The molecule has 1 heterocycles. The molecule has 1 saturated carbocycles. The summed E-state index contributed by atoms with van der Waals surface area (Å²) < 4.78 is 14.7. The molecule has 1 aliphatic carbocycles. The van der Waals surface area contributed by atoms with Crippen molar-refractivity contribution in [1.82, 2.24) is 14.8 Å². The van der Waals surface area contributed by atoms with E-state index in [9.17, 15) is 9.18 Å². The number of halogens is 1. The highest BCUT2D eigenvalue weighted by molar-refractivity contribution is 5.83. The maximum Gasteiger partial charge on any atom is 0.375 e. The van der Waals surface area contributed by atoms with Crippen LogP contribution in [0.2, 0.25) is 0 Å². The van der Waals surface area contributed by atoms with Crippen LogP contribution in [0, 0.1) is 17.1 Å². The molecular weight excluding hydrogens is 263 g/mol. The van der Waals surface area contributed by atoms with Crippen molar-refractivity contribution in [3.05, 3.63) is 41.2 Å². The molecule has 3 rings (SSSR count). The van der Waals surface area contributed by atoms with Gasteiger partial charge < -0.3 is 5.11 Å². The van der Waals surface area contributed by atoms with Crippen LogP contribution in [0.1, 0.15) is 40.8 Å². The highest BCUT2D eigenvalue weighted by Crippen LogP contribution is 2.39. The van der Waals surface area contributed by atoms with E-state index in [0.717, 1.165) is 18.9 Å². The van der Waals surface area contributed by atoms with Gasteiger partial charge in [0.1, 0.15) is 17.7 Å². The van der Waals surface area contributed by atoms with Crippen LogP contribution in [0.4, 0.5) is 4.39 Å². The van der Waals surface area contributed by atoms with E-state index in [1.54, 1.807) is 6.07 Å². The first-order valence-electron chi connectivity index (χ1n) is 6.00. The lowest BCUT2D eigenvalue weighted by Gasteiger charge is -2.05. The van der Waals surface area contributed by atoms with Crippen molar-refractivity contribution in [1.29, 1.82) is 5.26 Å². The summed E-state index contributed by atoms with van der Waals surface area (Å²) in [5, 5.41) is 21.7. The third kappa shape index (κ3) is 2.01. The molecule has 1 aromatic heterocycles. The first kappa shape index (κ1) is 12.3. The van der Waals surface area contributed by atoms with Gasteiger partial charge in [-0.2, -0.15) is 5.26 Å². The van der Waals surface area contributed by atoms with Gasteiger partial charge in [0, 0.05) is 5.92 Å². The highest BCUT2D eigenvalue weighted by atomic mass is 19.1. The van der Waals surface area contributed by atoms with Crippen molar-refractivity contribution >= 4 is 5.97 Å². The second kappa shape index (κ2) is 4.42. The molecule has 0 aliphatic heterocycles. The topological polar surface area (TPSA) is 91.8 Å². The Bertz CT molecular complexity index is 743. The Labute approximate surface area is 113 Å². The minimum atomic E-state index is -1.21. The van der Waals surface area contributed by atoms with E-state index in [2.05, 4.69) is 10.1 Å². The fraction of sp³-hybridized carbons (Fsp3) is 0.231. The number of nitrogens with zero attached hydrogens (tertiary/aromatic N) is 4. The summed E-state index contributed by atoms with van der Waals surface area (Å²) >= 11 is 0. The Morgan fingerprint density at radius 3 is 2.85 bits per heavy atom. The Kier molecular flexibility index (Phi) is 2.71. The molecule has 1 fully saturated rings. The molecule has 2 aromatic rings. The number of carboxylic acids is 1. The molecule has 20 heavy (non-hydrogen) atoms. The van der Waals surface area contributed by atoms with Crippen LogP contribution in [0.3, 0.4) is 0 Å².